The third-order valence-corrected chi connectivity index (χ3v) is 15.0. The van der Waals surface area contributed by atoms with Gasteiger partial charge in [0.25, 0.3) is 0 Å². The Morgan fingerprint density at radius 3 is 2.21 bits per heavy atom. The van der Waals surface area contributed by atoms with Crippen molar-refractivity contribution in [3.8, 4) is 0 Å². The number of para-hydroxylation sites is 1. The first-order valence-corrected chi connectivity index (χ1v) is 26.9. The minimum absolute atomic E-state index is 0.00124. The summed E-state index contributed by atoms with van der Waals surface area (Å²) in [4.78, 5) is 134. The second-order valence-electron chi connectivity index (χ2n) is 20.5. The second-order valence-corrected chi connectivity index (χ2v) is 20.5. The monoisotopic (exact) mass is 1050 g/mol. The second kappa shape index (κ2) is 25.6. The number of fused-ring (bicyclic) bond motifs is 5. The zero-order valence-corrected chi connectivity index (χ0v) is 43.7. The van der Waals surface area contributed by atoms with Gasteiger partial charge in [-0.05, 0) is 84.0 Å². The van der Waals surface area contributed by atoms with Crippen LogP contribution in [-0.4, -0.2) is 123 Å². The number of primary amides is 1. The fourth-order valence-corrected chi connectivity index (χ4v) is 10.8. The van der Waals surface area contributed by atoms with Crippen LogP contribution >= 0.6 is 0 Å². The van der Waals surface area contributed by atoms with Gasteiger partial charge in [0, 0.05) is 62.9 Å². The highest BCUT2D eigenvalue weighted by atomic mass is 16.2. The molecule has 0 unspecified atom stereocenters. The maximum Gasteiger partial charge on any atom is 0.246 e. The molecule has 0 bridgehead atoms. The lowest BCUT2D eigenvalue weighted by atomic mass is 9.91. The number of unbranched alkanes of at least 4 members (excludes halogenated alkanes) is 1. The molecule has 4 aromatic carbocycles. The average Bonchev–Trinajstić information content (AvgIpc) is 3.84. The Morgan fingerprint density at radius 1 is 0.714 bits per heavy atom. The van der Waals surface area contributed by atoms with E-state index in [1.807, 2.05) is 97.9 Å². The van der Waals surface area contributed by atoms with Gasteiger partial charge in [-0.2, -0.15) is 0 Å². The molecule has 19 heteroatoms. The molecule has 3 aliphatic rings. The van der Waals surface area contributed by atoms with E-state index in [1.54, 1.807) is 6.20 Å². The molecule has 0 radical (unpaired) electrons. The quantitative estimate of drug-likeness (QED) is 0.0964. The lowest BCUT2D eigenvalue weighted by Gasteiger charge is -2.40. The number of benzene rings is 4. The number of aromatic nitrogens is 1. The molecule has 7 atom stereocenters. The van der Waals surface area contributed by atoms with E-state index in [2.05, 4.69) is 36.9 Å². The number of hydrogen-bond donors (Lipinski definition) is 8. The van der Waals surface area contributed by atoms with Gasteiger partial charge in [-0.15, -0.1) is 0 Å². The number of aromatic amines is 1. The van der Waals surface area contributed by atoms with E-state index in [4.69, 9.17) is 5.73 Å². The van der Waals surface area contributed by atoms with Crippen molar-refractivity contribution in [2.75, 3.05) is 13.1 Å². The third kappa shape index (κ3) is 13.9. The first-order valence-electron chi connectivity index (χ1n) is 26.9. The number of rotatable bonds is 11. The summed E-state index contributed by atoms with van der Waals surface area (Å²) >= 11 is 0. The Bertz CT molecular complexity index is 3010. The van der Waals surface area contributed by atoms with Gasteiger partial charge in [-0.25, -0.2) is 0 Å². The molecule has 0 saturated carbocycles. The molecule has 1 aromatic heterocycles. The van der Waals surface area contributed by atoms with Gasteiger partial charge in [0.2, 0.25) is 53.2 Å². The SMILES string of the molecule is CCCC[C@H](NC(C)=O)C(=O)N[C@H]1CC(=O)NCCCC[C@@H](C(N)=O)NC(=O)[C@H](Cc2c[nH]c3ccccc23)NC(=O)[C@@H]2CCCCN2C(=O)[C@@H](Cc2ccc3ccccc3c2)NC(=O)[C@@H]2Cc3ccccc3CN2C1=O. The molecule has 19 nitrogen and oxygen atoms in total. The van der Waals surface area contributed by atoms with E-state index in [9.17, 15) is 28.8 Å². The van der Waals surface area contributed by atoms with E-state index >= 15 is 14.4 Å². The Balaban J connectivity index is 1.18. The number of amides is 9. The van der Waals surface area contributed by atoms with E-state index < -0.39 is 102 Å². The topological polar surface area (TPSA) is 274 Å². The largest absolute Gasteiger partial charge is 0.368 e. The Morgan fingerprint density at radius 2 is 1.43 bits per heavy atom. The summed E-state index contributed by atoms with van der Waals surface area (Å²) in [5.41, 5.74) is 9.65. The van der Waals surface area contributed by atoms with Gasteiger partial charge in [0.1, 0.15) is 42.3 Å². The van der Waals surface area contributed by atoms with Gasteiger partial charge in [0.15, 0.2) is 0 Å². The molecular formula is C58H70N10O9. The standard InChI is InChI=1S/C58H70N10O9/c1-3-4-20-45(62-35(2)69)53(72)65-48-32-51(70)60-26-13-11-22-44(52(59)71)63-54(73)46(30-41-33-61-43-21-10-9-19-42(41)43)64-55(74)49-23-12-14-27-67(49)57(76)47(29-36-24-25-37-15-5-6-16-38(37)28-36)66-56(75)50-31-39-17-7-8-18-40(39)34-68(50)58(48)77/h5-10,15-19,21,24-25,28,33,44-50,61H,3-4,11-14,20,22-23,26-27,29-32,34H2,1-2H3,(H2,59,71)(H,60,70)(H,62,69)(H,63,73)(H,64,74)(H,65,72)(H,66,75)/t44-,45-,46-,47+,48-,49-,50-/m0/s1. The first kappa shape index (κ1) is 55.2. The first-order chi connectivity index (χ1) is 37.2. The number of nitrogens with two attached hydrogens (primary N) is 1. The zero-order chi connectivity index (χ0) is 54.6. The minimum atomic E-state index is -1.50. The van der Waals surface area contributed by atoms with Crippen LogP contribution in [0.3, 0.4) is 0 Å². The zero-order valence-electron chi connectivity index (χ0n) is 43.7. The molecule has 5 aromatic rings. The van der Waals surface area contributed by atoms with Crippen molar-refractivity contribution in [1.82, 2.24) is 46.7 Å². The van der Waals surface area contributed by atoms with Crippen LogP contribution in [0.25, 0.3) is 21.7 Å². The third-order valence-electron chi connectivity index (χ3n) is 15.0. The predicted molar refractivity (Wildman–Crippen MR) is 289 cm³/mol. The predicted octanol–water partition coefficient (Wildman–Crippen LogP) is 3.25. The van der Waals surface area contributed by atoms with Crippen molar-refractivity contribution in [2.45, 2.75) is 146 Å². The molecule has 8 rings (SSSR count). The molecule has 406 valence electrons. The number of carbonyl (C=O) groups is 9. The highest BCUT2D eigenvalue weighted by Crippen LogP contribution is 2.27. The molecule has 0 aliphatic carbocycles. The van der Waals surface area contributed by atoms with E-state index in [1.165, 1.54) is 16.7 Å². The molecule has 77 heavy (non-hydrogen) atoms. The van der Waals surface area contributed by atoms with Crippen LogP contribution in [-0.2, 0) is 69.0 Å². The number of hydrogen-bond acceptors (Lipinski definition) is 9. The van der Waals surface area contributed by atoms with Crippen LogP contribution in [0.5, 0.6) is 0 Å². The number of nitrogens with zero attached hydrogens (tertiary/aromatic N) is 2. The fraction of sp³-hybridized carbons (Fsp3) is 0.431. The van der Waals surface area contributed by atoms with Crippen molar-refractivity contribution in [3.05, 3.63) is 119 Å². The number of carbonyl (C=O) groups excluding carboxylic acids is 9. The van der Waals surface area contributed by atoms with Crippen molar-refractivity contribution < 1.29 is 43.2 Å². The summed E-state index contributed by atoms with van der Waals surface area (Å²) in [6.07, 6.45) is 4.96. The van der Waals surface area contributed by atoms with Crippen LogP contribution in [0.15, 0.2) is 97.2 Å². The van der Waals surface area contributed by atoms with Crippen LogP contribution in [0.1, 0.15) is 100 Å². The average molecular weight is 1050 g/mol. The van der Waals surface area contributed by atoms with Crippen LogP contribution in [0, 0.1) is 0 Å². The van der Waals surface area contributed by atoms with Gasteiger partial charge >= 0.3 is 0 Å². The Hall–Kier alpha value is -8.09. The highest BCUT2D eigenvalue weighted by Gasteiger charge is 2.43. The van der Waals surface area contributed by atoms with Crippen LogP contribution < -0.4 is 37.6 Å². The van der Waals surface area contributed by atoms with Crippen LogP contribution in [0.4, 0.5) is 0 Å². The summed E-state index contributed by atoms with van der Waals surface area (Å²) in [7, 11) is 0. The van der Waals surface area contributed by atoms with Gasteiger partial charge in [0.05, 0.1) is 6.42 Å². The molecule has 0 spiro atoms. The molecule has 2 fully saturated rings. The number of piperidine rings is 1. The lowest BCUT2D eigenvalue weighted by molar-refractivity contribution is -0.148. The normalized spacial score (nSPS) is 22.8. The Kier molecular flexibility index (Phi) is 18.4. The summed E-state index contributed by atoms with van der Waals surface area (Å²) in [6, 6.07) is 19.9. The van der Waals surface area contributed by atoms with Crippen molar-refractivity contribution in [2.24, 2.45) is 5.73 Å². The van der Waals surface area contributed by atoms with Crippen molar-refractivity contribution in [3.63, 3.8) is 0 Å². The lowest BCUT2D eigenvalue weighted by Crippen LogP contribution is -2.63. The smallest absolute Gasteiger partial charge is 0.246 e. The summed E-state index contributed by atoms with van der Waals surface area (Å²) in [5, 5.41) is 19.7. The molecular weight excluding hydrogens is 981 g/mol. The minimum Gasteiger partial charge on any atom is -0.368 e. The van der Waals surface area contributed by atoms with Crippen molar-refractivity contribution >= 4 is 74.8 Å². The number of nitrogens with one attached hydrogen (secondary N) is 7. The van der Waals surface area contributed by atoms with E-state index in [0.717, 1.165) is 38.4 Å². The maximum absolute atomic E-state index is 15.4. The van der Waals surface area contributed by atoms with Crippen molar-refractivity contribution in [1.29, 1.82) is 0 Å². The summed E-state index contributed by atoms with van der Waals surface area (Å²) in [6.45, 7) is 3.39. The van der Waals surface area contributed by atoms with Gasteiger partial charge in [-0.3, -0.25) is 43.2 Å². The summed E-state index contributed by atoms with van der Waals surface area (Å²) in [5.74, 6) is -5.76. The summed E-state index contributed by atoms with van der Waals surface area (Å²) < 4.78 is 0. The fourth-order valence-electron chi connectivity index (χ4n) is 10.8. The van der Waals surface area contributed by atoms with E-state index in [0.29, 0.717) is 44.1 Å². The molecule has 4 heterocycles. The Labute approximate surface area is 447 Å². The molecule has 2 saturated heterocycles. The maximum atomic E-state index is 15.4. The molecule has 9 N–H and O–H groups in total. The highest BCUT2D eigenvalue weighted by molar-refractivity contribution is 5.99. The molecule has 9 amide bonds. The number of H-pyrrole nitrogens is 1. The van der Waals surface area contributed by atoms with Gasteiger partial charge in [-0.1, -0.05) is 105 Å². The van der Waals surface area contributed by atoms with E-state index in [-0.39, 0.29) is 58.2 Å². The molecule has 3 aliphatic heterocycles. The van der Waals surface area contributed by atoms with Crippen LogP contribution in [0.2, 0.25) is 0 Å². The van der Waals surface area contributed by atoms with Gasteiger partial charge < -0.3 is 52.4 Å².